The highest BCUT2D eigenvalue weighted by molar-refractivity contribution is 7.91. The van der Waals surface area contributed by atoms with E-state index in [2.05, 4.69) is 10.3 Å². The number of fused-ring (bicyclic) bond motifs is 1. The number of para-hydroxylation sites is 1. The van der Waals surface area contributed by atoms with Crippen LogP contribution in [0.3, 0.4) is 0 Å². The third kappa shape index (κ3) is 3.89. The molecule has 0 saturated carbocycles. The van der Waals surface area contributed by atoms with Crippen LogP contribution in [-0.4, -0.2) is 36.2 Å². The number of anilines is 1. The molecule has 5 rings (SSSR count). The van der Waals surface area contributed by atoms with Crippen LogP contribution < -0.4 is 5.32 Å². The number of carbonyl (C=O) groups is 1. The summed E-state index contributed by atoms with van der Waals surface area (Å²) in [5.41, 5.74) is 2.57. The summed E-state index contributed by atoms with van der Waals surface area (Å²) in [5, 5.41) is 5.52. The van der Waals surface area contributed by atoms with Gasteiger partial charge in [0.05, 0.1) is 10.2 Å². The lowest BCUT2D eigenvalue weighted by Crippen LogP contribution is -2.42. The normalized spacial score (nSPS) is 17.2. The molecule has 0 unspecified atom stereocenters. The van der Waals surface area contributed by atoms with Crippen molar-refractivity contribution in [1.82, 2.24) is 9.29 Å². The van der Waals surface area contributed by atoms with Gasteiger partial charge in [0.2, 0.25) is 5.91 Å². The average Bonchev–Trinajstić information content (AvgIpc) is 3.54. The molecule has 1 saturated heterocycles. The first kappa shape index (κ1) is 20.3. The second-order valence-electron chi connectivity index (χ2n) is 7.26. The van der Waals surface area contributed by atoms with E-state index in [0.717, 1.165) is 20.8 Å². The summed E-state index contributed by atoms with van der Waals surface area (Å²) >= 11 is 2.79. The summed E-state index contributed by atoms with van der Waals surface area (Å²) in [4.78, 5) is 17.5. The number of rotatable bonds is 5. The first-order valence-electron chi connectivity index (χ1n) is 9.84. The quantitative estimate of drug-likeness (QED) is 0.455. The Morgan fingerprint density at radius 1 is 1.06 bits per heavy atom. The summed E-state index contributed by atoms with van der Waals surface area (Å²) in [6, 6.07) is 18.1. The maximum atomic E-state index is 12.9. The van der Waals surface area contributed by atoms with Crippen LogP contribution in [0.2, 0.25) is 0 Å². The van der Waals surface area contributed by atoms with Gasteiger partial charge in [-0.3, -0.25) is 4.79 Å². The number of sulfonamides is 1. The van der Waals surface area contributed by atoms with Gasteiger partial charge < -0.3 is 5.32 Å². The molecular weight excluding hydrogens is 450 g/mol. The maximum absolute atomic E-state index is 12.9. The van der Waals surface area contributed by atoms with Crippen LogP contribution >= 0.6 is 22.7 Å². The van der Waals surface area contributed by atoms with Crippen molar-refractivity contribution >= 4 is 54.5 Å². The summed E-state index contributed by atoms with van der Waals surface area (Å²) in [7, 11) is -3.65. The predicted octanol–water partition coefficient (Wildman–Crippen LogP) is 4.82. The fourth-order valence-electron chi connectivity index (χ4n) is 3.73. The molecule has 3 heterocycles. The minimum Gasteiger partial charge on any atom is -0.325 e. The molecule has 1 amide bonds. The summed E-state index contributed by atoms with van der Waals surface area (Å²) in [6.45, 7) is 0.356. The topological polar surface area (TPSA) is 79.4 Å². The molecule has 2 aromatic heterocycles. The molecule has 0 bridgehead atoms. The standard InChI is InChI=1S/C22H19N3O3S3/c26-21(18-6-3-13-25(18)31(27,28)20-8-4-14-29-20)23-16-11-9-15(10-12-16)22-24-17-5-1-2-7-19(17)30-22/h1-2,4-5,7-12,14,18H,3,6,13H2,(H,23,26)/t18-/m1/s1. The Bertz CT molecular complexity index is 1300. The lowest BCUT2D eigenvalue weighted by atomic mass is 10.2. The number of aromatic nitrogens is 1. The number of carbonyl (C=O) groups excluding carboxylic acids is 1. The molecule has 4 aromatic rings. The molecule has 6 nitrogen and oxygen atoms in total. The Labute approximate surface area is 188 Å². The molecule has 2 aromatic carbocycles. The monoisotopic (exact) mass is 469 g/mol. The number of hydrogen-bond donors (Lipinski definition) is 1. The van der Waals surface area contributed by atoms with E-state index in [4.69, 9.17) is 0 Å². The largest absolute Gasteiger partial charge is 0.325 e. The lowest BCUT2D eigenvalue weighted by molar-refractivity contribution is -0.119. The second-order valence-corrected chi connectivity index (χ2v) is 11.4. The molecular formula is C22H19N3O3S3. The summed E-state index contributed by atoms with van der Waals surface area (Å²) in [6.07, 6.45) is 1.18. The van der Waals surface area contributed by atoms with Crippen molar-refractivity contribution in [2.45, 2.75) is 23.1 Å². The van der Waals surface area contributed by atoms with Crippen molar-refractivity contribution in [2.24, 2.45) is 0 Å². The highest BCUT2D eigenvalue weighted by atomic mass is 32.2. The van der Waals surface area contributed by atoms with Crippen molar-refractivity contribution in [2.75, 3.05) is 11.9 Å². The first-order chi connectivity index (χ1) is 15.0. The first-order valence-corrected chi connectivity index (χ1v) is 13.0. The van der Waals surface area contributed by atoms with Crippen LogP contribution in [0.5, 0.6) is 0 Å². The van der Waals surface area contributed by atoms with Gasteiger partial charge in [-0.2, -0.15) is 4.31 Å². The molecule has 1 fully saturated rings. The van der Waals surface area contributed by atoms with Crippen LogP contribution in [0.1, 0.15) is 12.8 Å². The highest BCUT2D eigenvalue weighted by Gasteiger charge is 2.39. The Balaban J connectivity index is 1.32. The van der Waals surface area contributed by atoms with E-state index in [0.29, 0.717) is 25.1 Å². The van der Waals surface area contributed by atoms with E-state index in [9.17, 15) is 13.2 Å². The molecule has 1 aliphatic rings. The van der Waals surface area contributed by atoms with Crippen LogP contribution in [-0.2, 0) is 14.8 Å². The van der Waals surface area contributed by atoms with Crippen molar-refractivity contribution in [1.29, 1.82) is 0 Å². The van der Waals surface area contributed by atoms with Crippen molar-refractivity contribution < 1.29 is 13.2 Å². The second kappa shape index (κ2) is 8.16. The van der Waals surface area contributed by atoms with Gasteiger partial charge in [-0.15, -0.1) is 22.7 Å². The summed E-state index contributed by atoms with van der Waals surface area (Å²) < 4.78 is 28.5. The molecule has 0 spiro atoms. The van der Waals surface area contributed by atoms with Crippen LogP contribution in [0.25, 0.3) is 20.8 Å². The minimum absolute atomic E-state index is 0.271. The lowest BCUT2D eigenvalue weighted by Gasteiger charge is -2.22. The number of nitrogens with zero attached hydrogens (tertiary/aromatic N) is 2. The zero-order valence-electron chi connectivity index (χ0n) is 16.4. The zero-order chi connectivity index (χ0) is 21.4. The van der Waals surface area contributed by atoms with Gasteiger partial charge >= 0.3 is 0 Å². The van der Waals surface area contributed by atoms with Gasteiger partial charge in [0.15, 0.2) is 0 Å². The SMILES string of the molecule is O=C(Nc1ccc(-c2nc3ccccc3s2)cc1)[C@H]1CCCN1S(=O)(=O)c1cccs1. The fourth-order valence-corrected chi connectivity index (χ4v) is 7.48. The van der Waals surface area contributed by atoms with E-state index in [1.54, 1.807) is 28.8 Å². The number of hydrogen-bond acceptors (Lipinski definition) is 6. The fraction of sp³-hybridized carbons (Fsp3) is 0.182. The van der Waals surface area contributed by atoms with Crippen LogP contribution in [0.15, 0.2) is 70.3 Å². The smallest absolute Gasteiger partial charge is 0.253 e. The maximum Gasteiger partial charge on any atom is 0.253 e. The molecule has 9 heteroatoms. The highest BCUT2D eigenvalue weighted by Crippen LogP contribution is 2.32. The number of thiazole rings is 1. The minimum atomic E-state index is -3.65. The molecule has 1 aliphatic heterocycles. The molecule has 31 heavy (non-hydrogen) atoms. The molecule has 0 aliphatic carbocycles. The van der Waals surface area contributed by atoms with Gasteiger partial charge in [-0.25, -0.2) is 13.4 Å². The predicted molar refractivity (Wildman–Crippen MR) is 125 cm³/mol. The Kier molecular flexibility index (Phi) is 5.35. The van der Waals surface area contributed by atoms with Gasteiger partial charge in [0.25, 0.3) is 10.0 Å². The van der Waals surface area contributed by atoms with Crippen LogP contribution in [0, 0.1) is 0 Å². The van der Waals surface area contributed by atoms with Gasteiger partial charge in [-0.1, -0.05) is 18.2 Å². The average molecular weight is 470 g/mol. The molecule has 0 radical (unpaired) electrons. The van der Waals surface area contributed by atoms with E-state index in [1.165, 1.54) is 15.6 Å². The van der Waals surface area contributed by atoms with E-state index < -0.39 is 16.1 Å². The van der Waals surface area contributed by atoms with Crippen LogP contribution in [0.4, 0.5) is 5.69 Å². The zero-order valence-corrected chi connectivity index (χ0v) is 18.8. The number of thiophene rings is 1. The third-order valence-electron chi connectivity index (χ3n) is 5.26. The van der Waals surface area contributed by atoms with Crippen molar-refractivity contribution in [3.8, 4) is 10.6 Å². The van der Waals surface area contributed by atoms with Gasteiger partial charge in [0, 0.05) is 17.8 Å². The number of benzene rings is 2. The van der Waals surface area contributed by atoms with Crippen molar-refractivity contribution in [3.05, 3.63) is 66.0 Å². The number of amides is 1. The van der Waals surface area contributed by atoms with Crippen molar-refractivity contribution in [3.63, 3.8) is 0 Å². The Hall–Kier alpha value is -2.59. The van der Waals surface area contributed by atoms with E-state index in [-0.39, 0.29) is 10.1 Å². The Morgan fingerprint density at radius 2 is 1.87 bits per heavy atom. The van der Waals surface area contributed by atoms with Gasteiger partial charge in [-0.05, 0) is 60.7 Å². The summed E-state index contributed by atoms with van der Waals surface area (Å²) in [5.74, 6) is -0.301. The molecule has 1 N–H and O–H groups in total. The number of nitrogens with one attached hydrogen (secondary N) is 1. The van der Waals surface area contributed by atoms with Gasteiger partial charge in [0.1, 0.15) is 15.3 Å². The molecule has 1 atom stereocenters. The van der Waals surface area contributed by atoms with E-state index in [1.807, 2.05) is 48.5 Å². The van der Waals surface area contributed by atoms with E-state index >= 15 is 0 Å². The molecule has 158 valence electrons. The Morgan fingerprint density at radius 3 is 2.61 bits per heavy atom. The third-order valence-corrected chi connectivity index (χ3v) is 9.62.